The third-order valence-electron chi connectivity index (χ3n) is 2.24. The summed E-state index contributed by atoms with van der Waals surface area (Å²) in [5, 5.41) is 3.47. The van der Waals surface area contributed by atoms with E-state index in [1.165, 1.54) is 12.1 Å². The molecule has 2 aromatic rings. The van der Waals surface area contributed by atoms with Crippen molar-refractivity contribution in [1.82, 2.24) is 10.1 Å². The fourth-order valence-corrected chi connectivity index (χ4v) is 1.45. The van der Waals surface area contributed by atoms with Gasteiger partial charge in [0.1, 0.15) is 0 Å². The zero-order valence-corrected chi connectivity index (χ0v) is 9.40. The minimum atomic E-state index is -0.776. The Morgan fingerprint density at radius 3 is 2.56 bits per heavy atom. The van der Waals surface area contributed by atoms with Crippen molar-refractivity contribution in [2.45, 2.75) is 13.0 Å². The maximum Gasteiger partial charge on any atom is 0.213 e. The summed E-state index contributed by atoms with van der Waals surface area (Å²) in [6.07, 6.45) is 1.51. The molecule has 0 atom stereocenters. The van der Waals surface area contributed by atoms with E-state index < -0.39 is 17.4 Å². The molecule has 0 saturated carbocycles. The highest BCUT2D eigenvalue weighted by Crippen LogP contribution is 2.24. The number of hydrogen-bond donors (Lipinski definition) is 1. The topological polar surface area (TPSA) is 74.2 Å². The summed E-state index contributed by atoms with van der Waals surface area (Å²) in [6, 6.07) is 2.39. The molecular formula is C11H11F2N3O2. The second-order valence-electron chi connectivity index (χ2n) is 3.56. The van der Waals surface area contributed by atoms with Gasteiger partial charge in [0.2, 0.25) is 12.2 Å². The van der Waals surface area contributed by atoms with Crippen molar-refractivity contribution in [3.63, 3.8) is 0 Å². The lowest BCUT2D eigenvalue weighted by Crippen LogP contribution is -2.06. The fourth-order valence-electron chi connectivity index (χ4n) is 1.45. The molecule has 2 N–H and O–H groups in total. The number of benzene rings is 1. The summed E-state index contributed by atoms with van der Waals surface area (Å²) in [5.41, 5.74) is 5.80. The molecule has 0 spiro atoms. The van der Waals surface area contributed by atoms with Crippen LogP contribution in [0, 0.1) is 11.6 Å². The fraction of sp³-hybridized carbons (Fsp3) is 0.273. The zero-order chi connectivity index (χ0) is 13.0. The molecule has 0 fully saturated rings. The van der Waals surface area contributed by atoms with Crippen LogP contribution >= 0.6 is 0 Å². The first-order valence-electron chi connectivity index (χ1n) is 5.26. The van der Waals surface area contributed by atoms with Crippen LogP contribution in [0.1, 0.15) is 11.4 Å². The smallest absolute Gasteiger partial charge is 0.213 e. The van der Waals surface area contributed by atoms with E-state index in [-0.39, 0.29) is 12.4 Å². The molecule has 0 aliphatic heterocycles. The van der Waals surface area contributed by atoms with Gasteiger partial charge in [-0.05, 0) is 30.7 Å². The van der Waals surface area contributed by atoms with Crippen LogP contribution in [0.15, 0.2) is 23.0 Å². The van der Waals surface area contributed by atoms with E-state index in [2.05, 4.69) is 14.7 Å². The molecule has 7 heteroatoms. The maximum absolute atomic E-state index is 13.6. The summed E-state index contributed by atoms with van der Waals surface area (Å²) in [4.78, 5) is 3.67. The van der Waals surface area contributed by atoms with Crippen LogP contribution in [0.25, 0.3) is 0 Å². The number of ether oxygens (including phenoxy) is 1. The largest absolute Gasteiger partial charge is 0.479 e. The molecule has 0 unspecified atom stereocenters. The normalized spacial score (nSPS) is 10.6. The van der Waals surface area contributed by atoms with Gasteiger partial charge in [0.15, 0.2) is 24.0 Å². The molecule has 0 amide bonds. The third kappa shape index (κ3) is 2.80. The standard InChI is InChI=1S/C11H11F2N3O2/c12-8-3-7(1-2-14)4-9(13)11(8)17-5-10-15-6-18-16-10/h3-4,6H,1-2,5,14H2. The number of nitrogens with two attached hydrogens (primary N) is 1. The highest BCUT2D eigenvalue weighted by molar-refractivity contribution is 5.31. The molecule has 5 nitrogen and oxygen atoms in total. The van der Waals surface area contributed by atoms with Gasteiger partial charge >= 0.3 is 0 Å². The Labute approximate surface area is 102 Å². The van der Waals surface area contributed by atoms with E-state index in [0.29, 0.717) is 18.5 Å². The molecule has 1 aromatic heterocycles. The molecule has 18 heavy (non-hydrogen) atoms. The predicted octanol–water partition coefficient (Wildman–Crippen LogP) is 1.43. The van der Waals surface area contributed by atoms with Crippen LogP contribution in [0.4, 0.5) is 8.78 Å². The van der Waals surface area contributed by atoms with Crippen molar-refractivity contribution in [3.8, 4) is 5.75 Å². The maximum atomic E-state index is 13.6. The van der Waals surface area contributed by atoms with Crippen LogP contribution in [0.2, 0.25) is 0 Å². The van der Waals surface area contributed by atoms with Gasteiger partial charge in [0, 0.05) is 0 Å². The first-order valence-corrected chi connectivity index (χ1v) is 5.26. The number of hydrogen-bond acceptors (Lipinski definition) is 5. The lowest BCUT2D eigenvalue weighted by atomic mass is 10.1. The van der Waals surface area contributed by atoms with Gasteiger partial charge in [-0.1, -0.05) is 5.16 Å². The van der Waals surface area contributed by atoms with Gasteiger partial charge in [0.05, 0.1) is 0 Å². The lowest BCUT2D eigenvalue weighted by Gasteiger charge is -2.08. The van der Waals surface area contributed by atoms with E-state index in [1.807, 2.05) is 0 Å². The van der Waals surface area contributed by atoms with E-state index in [9.17, 15) is 8.78 Å². The van der Waals surface area contributed by atoms with Crippen LogP contribution in [-0.4, -0.2) is 16.7 Å². The quantitative estimate of drug-likeness (QED) is 0.874. The van der Waals surface area contributed by atoms with Crippen LogP contribution in [0.3, 0.4) is 0 Å². The van der Waals surface area contributed by atoms with Crippen LogP contribution < -0.4 is 10.5 Å². The van der Waals surface area contributed by atoms with Crippen LogP contribution in [-0.2, 0) is 13.0 Å². The predicted molar refractivity (Wildman–Crippen MR) is 57.7 cm³/mol. The summed E-state index contributed by atoms with van der Waals surface area (Å²) in [7, 11) is 0. The minimum absolute atomic E-state index is 0.166. The molecule has 0 radical (unpaired) electrons. The summed E-state index contributed by atoms with van der Waals surface area (Å²) < 4.78 is 36.6. The van der Waals surface area contributed by atoms with Gasteiger partial charge < -0.3 is 15.0 Å². The molecule has 96 valence electrons. The van der Waals surface area contributed by atoms with E-state index in [1.54, 1.807) is 0 Å². The molecular weight excluding hydrogens is 244 g/mol. The Balaban J connectivity index is 2.12. The van der Waals surface area contributed by atoms with E-state index >= 15 is 0 Å². The monoisotopic (exact) mass is 255 g/mol. The molecule has 1 heterocycles. The van der Waals surface area contributed by atoms with Gasteiger partial charge in [-0.3, -0.25) is 0 Å². The van der Waals surface area contributed by atoms with Gasteiger partial charge in [-0.25, -0.2) is 8.78 Å². The van der Waals surface area contributed by atoms with Crippen molar-refractivity contribution in [2.24, 2.45) is 5.73 Å². The van der Waals surface area contributed by atoms with Crippen LogP contribution in [0.5, 0.6) is 5.75 Å². The number of halogens is 2. The average Bonchev–Trinajstić information content (AvgIpc) is 2.81. The van der Waals surface area contributed by atoms with Crippen molar-refractivity contribution in [1.29, 1.82) is 0 Å². The zero-order valence-electron chi connectivity index (χ0n) is 9.40. The molecule has 1 aromatic carbocycles. The second kappa shape index (κ2) is 5.54. The van der Waals surface area contributed by atoms with Gasteiger partial charge in [0.25, 0.3) is 0 Å². The van der Waals surface area contributed by atoms with E-state index in [4.69, 9.17) is 10.5 Å². The van der Waals surface area contributed by atoms with E-state index in [0.717, 1.165) is 6.39 Å². The number of rotatable bonds is 5. The Hall–Kier alpha value is -2.02. The average molecular weight is 255 g/mol. The molecule has 0 aliphatic rings. The lowest BCUT2D eigenvalue weighted by molar-refractivity contribution is 0.259. The Bertz CT molecular complexity index is 494. The summed E-state index contributed by atoms with van der Waals surface area (Å²) in [6.45, 7) is 0.155. The highest BCUT2D eigenvalue weighted by atomic mass is 19.1. The number of nitrogens with zero attached hydrogens (tertiary/aromatic N) is 2. The number of aromatic nitrogens is 2. The highest BCUT2D eigenvalue weighted by Gasteiger charge is 2.13. The Morgan fingerprint density at radius 1 is 1.28 bits per heavy atom. The van der Waals surface area contributed by atoms with Gasteiger partial charge in [-0.2, -0.15) is 4.98 Å². The van der Waals surface area contributed by atoms with Crippen molar-refractivity contribution < 1.29 is 18.0 Å². The van der Waals surface area contributed by atoms with Crippen molar-refractivity contribution in [2.75, 3.05) is 6.54 Å². The SMILES string of the molecule is NCCc1cc(F)c(OCc2ncon2)c(F)c1. The second-order valence-corrected chi connectivity index (χ2v) is 3.56. The Kier molecular flexibility index (Phi) is 3.83. The third-order valence-corrected chi connectivity index (χ3v) is 2.24. The molecule has 0 bridgehead atoms. The molecule has 2 rings (SSSR count). The summed E-state index contributed by atoms with van der Waals surface area (Å²) >= 11 is 0. The summed E-state index contributed by atoms with van der Waals surface area (Å²) in [5.74, 6) is -1.80. The molecule has 0 saturated heterocycles. The minimum Gasteiger partial charge on any atom is -0.479 e. The first-order chi connectivity index (χ1) is 8.70. The van der Waals surface area contributed by atoms with Crippen molar-refractivity contribution in [3.05, 3.63) is 41.5 Å². The Morgan fingerprint density at radius 2 is 2.00 bits per heavy atom. The molecule has 0 aliphatic carbocycles. The van der Waals surface area contributed by atoms with Crippen molar-refractivity contribution >= 4 is 0 Å². The van der Waals surface area contributed by atoms with Gasteiger partial charge in [-0.15, -0.1) is 0 Å². The first kappa shape index (κ1) is 12.4.